The van der Waals surface area contributed by atoms with Crippen LogP contribution >= 0.6 is 23.8 Å². The predicted molar refractivity (Wildman–Crippen MR) is 85.0 cm³/mol. The number of benzene rings is 1. The fourth-order valence-electron chi connectivity index (χ4n) is 1.54. The van der Waals surface area contributed by atoms with Gasteiger partial charge < -0.3 is 5.32 Å². The summed E-state index contributed by atoms with van der Waals surface area (Å²) >= 11 is 11.2. The lowest BCUT2D eigenvalue weighted by Gasteiger charge is -2.05. The molecular formula is C13H14ClN5S. The van der Waals surface area contributed by atoms with Crippen LogP contribution in [0.5, 0.6) is 0 Å². The van der Waals surface area contributed by atoms with Gasteiger partial charge >= 0.3 is 0 Å². The average molecular weight is 308 g/mol. The van der Waals surface area contributed by atoms with Gasteiger partial charge in [0.15, 0.2) is 5.11 Å². The highest BCUT2D eigenvalue weighted by Crippen LogP contribution is 2.15. The van der Waals surface area contributed by atoms with Crippen molar-refractivity contribution in [1.82, 2.24) is 20.1 Å². The number of nitrogens with one attached hydrogen (secondary N) is 2. The first kappa shape index (κ1) is 14.5. The summed E-state index contributed by atoms with van der Waals surface area (Å²) in [6, 6.07) is 7.63. The summed E-state index contributed by atoms with van der Waals surface area (Å²) in [7, 11) is 0. The van der Waals surface area contributed by atoms with E-state index in [0.717, 1.165) is 5.56 Å². The number of aromatic nitrogens is 3. The molecule has 0 amide bonds. The minimum absolute atomic E-state index is 0.443. The monoisotopic (exact) mass is 307 g/mol. The lowest BCUT2D eigenvalue weighted by atomic mass is 10.2. The molecule has 0 aliphatic heterocycles. The SMILES string of the molecule is C=CCNC(=S)Nc1ncn(Cc2ccccc2Cl)n1. The van der Waals surface area contributed by atoms with E-state index in [1.807, 2.05) is 24.3 Å². The van der Waals surface area contributed by atoms with E-state index < -0.39 is 0 Å². The Hall–Kier alpha value is -1.92. The van der Waals surface area contributed by atoms with Gasteiger partial charge in [0.25, 0.3) is 0 Å². The summed E-state index contributed by atoms with van der Waals surface area (Å²) in [5.74, 6) is 0.443. The Morgan fingerprint density at radius 3 is 3.00 bits per heavy atom. The minimum atomic E-state index is 0.443. The molecule has 0 spiro atoms. The van der Waals surface area contributed by atoms with Gasteiger partial charge in [0.1, 0.15) is 6.33 Å². The highest BCUT2D eigenvalue weighted by atomic mass is 35.5. The molecule has 1 aromatic carbocycles. The highest BCUT2D eigenvalue weighted by Gasteiger charge is 2.05. The Morgan fingerprint density at radius 1 is 1.45 bits per heavy atom. The second-order valence-corrected chi connectivity index (χ2v) is 4.80. The smallest absolute Gasteiger partial charge is 0.248 e. The number of halogens is 1. The fraction of sp³-hybridized carbons (Fsp3) is 0.154. The van der Waals surface area contributed by atoms with Crippen molar-refractivity contribution in [3.05, 3.63) is 53.8 Å². The first-order chi connectivity index (χ1) is 9.69. The molecule has 1 aromatic heterocycles. The van der Waals surface area contributed by atoms with Gasteiger partial charge in [-0.1, -0.05) is 35.9 Å². The molecule has 0 fully saturated rings. The zero-order valence-electron chi connectivity index (χ0n) is 10.7. The summed E-state index contributed by atoms with van der Waals surface area (Å²) in [5.41, 5.74) is 0.984. The van der Waals surface area contributed by atoms with Crippen LogP contribution in [0, 0.1) is 0 Å². The number of hydrogen-bond donors (Lipinski definition) is 2. The van der Waals surface area contributed by atoms with Crippen LogP contribution in [0.15, 0.2) is 43.2 Å². The molecular weight excluding hydrogens is 294 g/mol. The molecule has 7 heteroatoms. The molecule has 2 N–H and O–H groups in total. The zero-order valence-corrected chi connectivity index (χ0v) is 12.3. The van der Waals surface area contributed by atoms with Crippen molar-refractivity contribution in [1.29, 1.82) is 0 Å². The predicted octanol–water partition coefficient (Wildman–Crippen LogP) is 2.45. The molecule has 0 atom stereocenters. The Labute approximate surface area is 127 Å². The normalized spacial score (nSPS) is 10.1. The van der Waals surface area contributed by atoms with Crippen molar-refractivity contribution in [3.63, 3.8) is 0 Å². The Morgan fingerprint density at radius 2 is 2.25 bits per heavy atom. The van der Waals surface area contributed by atoms with Gasteiger partial charge in [0, 0.05) is 11.6 Å². The van der Waals surface area contributed by atoms with Gasteiger partial charge in [-0.25, -0.2) is 9.67 Å². The van der Waals surface area contributed by atoms with Gasteiger partial charge in [0.2, 0.25) is 5.95 Å². The van der Waals surface area contributed by atoms with Gasteiger partial charge in [-0.05, 0) is 23.8 Å². The van der Waals surface area contributed by atoms with Crippen molar-refractivity contribution in [2.75, 3.05) is 11.9 Å². The molecule has 0 aliphatic carbocycles. The maximum Gasteiger partial charge on any atom is 0.248 e. The third kappa shape index (κ3) is 4.04. The third-order valence-corrected chi connectivity index (χ3v) is 3.07. The second kappa shape index (κ2) is 7.02. The summed E-state index contributed by atoms with van der Waals surface area (Å²) in [6.07, 6.45) is 3.35. The van der Waals surface area contributed by atoms with E-state index in [9.17, 15) is 0 Å². The molecule has 5 nitrogen and oxygen atoms in total. The van der Waals surface area contributed by atoms with E-state index in [0.29, 0.717) is 29.2 Å². The van der Waals surface area contributed by atoms with Crippen molar-refractivity contribution in [3.8, 4) is 0 Å². The summed E-state index contributed by atoms with van der Waals surface area (Å²) in [6.45, 7) is 4.75. The quantitative estimate of drug-likeness (QED) is 0.656. The molecule has 0 aliphatic rings. The van der Waals surface area contributed by atoms with Crippen LogP contribution < -0.4 is 10.6 Å². The molecule has 2 aromatic rings. The van der Waals surface area contributed by atoms with Gasteiger partial charge in [-0.3, -0.25) is 5.32 Å². The lowest BCUT2D eigenvalue weighted by molar-refractivity contribution is 0.687. The van der Waals surface area contributed by atoms with E-state index in [4.69, 9.17) is 23.8 Å². The molecule has 0 radical (unpaired) electrons. The van der Waals surface area contributed by atoms with E-state index >= 15 is 0 Å². The summed E-state index contributed by atoms with van der Waals surface area (Å²) in [4.78, 5) is 4.13. The Kier molecular flexibility index (Phi) is 5.09. The maximum atomic E-state index is 6.11. The largest absolute Gasteiger partial charge is 0.359 e. The summed E-state index contributed by atoms with van der Waals surface area (Å²) in [5, 5.41) is 11.3. The average Bonchev–Trinajstić information content (AvgIpc) is 2.86. The molecule has 20 heavy (non-hydrogen) atoms. The lowest BCUT2D eigenvalue weighted by Crippen LogP contribution is -2.28. The molecule has 2 rings (SSSR count). The first-order valence-corrected chi connectivity index (χ1v) is 6.76. The third-order valence-electron chi connectivity index (χ3n) is 2.46. The van der Waals surface area contributed by atoms with Gasteiger partial charge in [0.05, 0.1) is 6.54 Å². The zero-order chi connectivity index (χ0) is 14.4. The van der Waals surface area contributed by atoms with E-state index in [-0.39, 0.29) is 0 Å². The number of anilines is 1. The number of rotatable bonds is 5. The Bertz CT molecular complexity index is 610. The van der Waals surface area contributed by atoms with E-state index in [1.165, 1.54) is 0 Å². The van der Waals surface area contributed by atoms with Crippen molar-refractivity contribution < 1.29 is 0 Å². The number of hydrogen-bond acceptors (Lipinski definition) is 3. The van der Waals surface area contributed by atoms with Crippen molar-refractivity contribution in [2.45, 2.75) is 6.54 Å². The van der Waals surface area contributed by atoms with E-state index in [2.05, 4.69) is 27.3 Å². The van der Waals surface area contributed by atoms with E-state index in [1.54, 1.807) is 17.1 Å². The van der Waals surface area contributed by atoms with Crippen LogP contribution in [-0.2, 0) is 6.54 Å². The van der Waals surface area contributed by atoms with Crippen LogP contribution in [0.1, 0.15) is 5.56 Å². The standard InChI is InChI=1S/C13H14ClN5S/c1-2-7-15-13(20)17-12-16-9-19(18-12)8-10-5-3-4-6-11(10)14/h2-6,9H,1,7-8H2,(H2,15,17,18,20). The second-order valence-electron chi connectivity index (χ2n) is 3.98. The first-order valence-electron chi connectivity index (χ1n) is 5.97. The van der Waals surface area contributed by atoms with Crippen LogP contribution in [0.2, 0.25) is 5.02 Å². The number of nitrogens with zero attached hydrogens (tertiary/aromatic N) is 3. The molecule has 0 bridgehead atoms. The van der Waals surface area contributed by atoms with Gasteiger partial charge in [-0.2, -0.15) is 0 Å². The van der Waals surface area contributed by atoms with Gasteiger partial charge in [-0.15, -0.1) is 11.7 Å². The Balaban J connectivity index is 1.97. The van der Waals surface area contributed by atoms with Crippen LogP contribution in [0.4, 0.5) is 5.95 Å². The topological polar surface area (TPSA) is 54.8 Å². The number of thiocarbonyl (C=S) groups is 1. The minimum Gasteiger partial charge on any atom is -0.359 e. The maximum absolute atomic E-state index is 6.11. The fourth-order valence-corrected chi connectivity index (χ4v) is 1.91. The van der Waals surface area contributed by atoms with Crippen LogP contribution in [-0.4, -0.2) is 26.4 Å². The summed E-state index contributed by atoms with van der Waals surface area (Å²) < 4.78 is 1.69. The highest BCUT2D eigenvalue weighted by molar-refractivity contribution is 7.80. The van der Waals surface area contributed by atoms with Crippen molar-refractivity contribution >= 4 is 34.9 Å². The molecule has 104 valence electrons. The molecule has 0 unspecified atom stereocenters. The van der Waals surface area contributed by atoms with Crippen LogP contribution in [0.3, 0.4) is 0 Å². The molecule has 1 heterocycles. The molecule has 0 saturated carbocycles. The molecule has 0 saturated heterocycles. The van der Waals surface area contributed by atoms with Crippen LogP contribution in [0.25, 0.3) is 0 Å². The van der Waals surface area contributed by atoms with Crippen molar-refractivity contribution in [2.24, 2.45) is 0 Å².